The molecule has 2 heterocycles. The lowest BCUT2D eigenvalue weighted by Gasteiger charge is -2.19. The van der Waals surface area contributed by atoms with E-state index in [2.05, 4.69) is 35.2 Å². The van der Waals surface area contributed by atoms with Crippen LogP contribution in [0.3, 0.4) is 0 Å². The first-order valence-electron chi connectivity index (χ1n) is 6.88. The van der Waals surface area contributed by atoms with Crippen molar-refractivity contribution in [3.05, 3.63) is 53.6 Å². The molecule has 2 aromatic rings. The van der Waals surface area contributed by atoms with Crippen molar-refractivity contribution < 1.29 is 4.74 Å². The van der Waals surface area contributed by atoms with Gasteiger partial charge in [0.05, 0.1) is 19.3 Å². The third kappa shape index (κ3) is 3.54. The Labute approximate surface area is 120 Å². The molecule has 0 radical (unpaired) electrons. The lowest BCUT2D eigenvalue weighted by atomic mass is 10.0. The molecule has 0 aliphatic heterocycles. The maximum atomic E-state index is 5.26. The van der Waals surface area contributed by atoms with Gasteiger partial charge < -0.3 is 10.1 Å². The smallest absolute Gasteiger partial charge is 0.137 e. The summed E-state index contributed by atoms with van der Waals surface area (Å²) in [7, 11) is 1.66. The number of hydrogen-bond acceptors (Lipinski definition) is 4. The molecule has 0 saturated heterocycles. The summed E-state index contributed by atoms with van der Waals surface area (Å²) in [5, 5.41) is 3.54. The Balaban J connectivity index is 2.35. The summed E-state index contributed by atoms with van der Waals surface area (Å²) in [6.45, 7) is 5.15. The molecule has 1 atom stereocenters. The third-order valence-electron chi connectivity index (χ3n) is 3.13. The summed E-state index contributed by atoms with van der Waals surface area (Å²) in [4.78, 5) is 8.54. The van der Waals surface area contributed by atoms with Crippen LogP contribution in [-0.4, -0.2) is 23.6 Å². The molecule has 2 rings (SSSR count). The second-order valence-corrected chi connectivity index (χ2v) is 4.84. The average molecular weight is 271 g/mol. The van der Waals surface area contributed by atoms with Crippen LogP contribution in [-0.2, 0) is 0 Å². The van der Waals surface area contributed by atoms with E-state index >= 15 is 0 Å². The van der Waals surface area contributed by atoms with E-state index in [0.717, 1.165) is 35.4 Å². The molecule has 0 aromatic carbocycles. The number of methoxy groups -OCH3 is 1. The van der Waals surface area contributed by atoms with Crippen LogP contribution in [0.15, 0.2) is 36.9 Å². The fraction of sp³-hybridized carbons (Fsp3) is 0.375. The molecule has 1 unspecified atom stereocenters. The SMILES string of the molecule is CCCNC(c1cncc(C)c1)c1cncc(OC)c1. The highest BCUT2D eigenvalue weighted by Crippen LogP contribution is 2.24. The predicted octanol–water partition coefficient (Wildman–Crippen LogP) is 2.88. The zero-order valence-corrected chi connectivity index (χ0v) is 12.3. The first-order valence-corrected chi connectivity index (χ1v) is 6.88. The van der Waals surface area contributed by atoms with Crippen LogP contribution < -0.4 is 10.1 Å². The molecule has 0 amide bonds. The Morgan fingerprint density at radius 1 is 1.10 bits per heavy atom. The number of nitrogens with one attached hydrogen (secondary N) is 1. The van der Waals surface area contributed by atoms with Gasteiger partial charge in [-0.2, -0.15) is 0 Å². The van der Waals surface area contributed by atoms with Gasteiger partial charge in [0.25, 0.3) is 0 Å². The molecular formula is C16H21N3O. The van der Waals surface area contributed by atoms with Gasteiger partial charge in [0.1, 0.15) is 5.75 Å². The van der Waals surface area contributed by atoms with Gasteiger partial charge in [0.2, 0.25) is 0 Å². The second-order valence-electron chi connectivity index (χ2n) is 4.84. The molecule has 2 aromatic heterocycles. The average Bonchev–Trinajstić information content (AvgIpc) is 2.48. The first-order chi connectivity index (χ1) is 9.74. The fourth-order valence-corrected chi connectivity index (χ4v) is 2.16. The summed E-state index contributed by atoms with van der Waals surface area (Å²) in [6, 6.07) is 4.26. The molecule has 0 spiro atoms. The number of hydrogen-bond donors (Lipinski definition) is 1. The zero-order valence-electron chi connectivity index (χ0n) is 12.3. The number of pyridine rings is 2. The number of rotatable bonds is 6. The Hall–Kier alpha value is -1.94. The molecule has 0 aliphatic carbocycles. The van der Waals surface area contributed by atoms with Crippen LogP contribution in [0, 0.1) is 6.92 Å². The number of nitrogens with zero attached hydrogens (tertiary/aromatic N) is 2. The maximum absolute atomic E-state index is 5.26. The summed E-state index contributed by atoms with van der Waals surface area (Å²) >= 11 is 0. The van der Waals surface area contributed by atoms with E-state index in [0.29, 0.717) is 0 Å². The van der Waals surface area contributed by atoms with Crippen LogP contribution in [0.25, 0.3) is 0 Å². The highest BCUT2D eigenvalue weighted by Gasteiger charge is 2.15. The number of ether oxygens (including phenoxy) is 1. The van der Waals surface area contributed by atoms with E-state index in [4.69, 9.17) is 4.74 Å². The van der Waals surface area contributed by atoms with E-state index in [1.165, 1.54) is 0 Å². The minimum absolute atomic E-state index is 0.0879. The fourth-order valence-electron chi connectivity index (χ4n) is 2.16. The van der Waals surface area contributed by atoms with E-state index in [9.17, 15) is 0 Å². The van der Waals surface area contributed by atoms with Gasteiger partial charge in [-0.3, -0.25) is 9.97 Å². The minimum atomic E-state index is 0.0879. The summed E-state index contributed by atoms with van der Waals surface area (Å²) in [5.74, 6) is 0.770. The minimum Gasteiger partial charge on any atom is -0.495 e. The maximum Gasteiger partial charge on any atom is 0.137 e. The van der Waals surface area contributed by atoms with Crippen molar-refractivity contribution in [3.63, 3.8) is 0 Å². The van der Waals surface area contributed by atoms with Gasteiger partial charge in [-0.15, -0.1) is 0 Å². The molecule has 20 heavy (non-hydrogen) atoms. The molecule has 0 aliphatic rings. The predicted molar refractivity (Wildman–Crippen MR) is 79.9 cm³/mol. The van der Waals surface area contributed by atoms with E-state index in [-0.39, 0.29) is 6.04 Å². The van der Waals surface area contributed by atoms with Gasteiger partial charge in [-0.05, 0) is 42.6 Å². The van der Waals surface area contributed by atoms with Crippen LogP contribution in [0.4, 0.5) is 0 Å². The van der Waals surface area contributed by atoms with Crippen molar-refractivity contribution in [2.75, 3.05) is 13.7 Å². The molecule has 0 bridgehead atoms. The van der Waals surface area contributed by atoms with Gasteiger partial charge in [-0.1, -0.05) is 13.0 Å². The first kappa shape index (κ1) is 14.5. The summed E-state index contributed by atoms with van der Waals surface area (Å²) in [6.07, 6.45) is 8.43. The number of aromatic nitrogens is 2. The molecular weight excluding hydrogens is 250 g/mol. The highest BCUT2D eigenvalue weighted by atomic mass is 16.5. The molecule has 0 fully saturated rings. The third-order valence-corrected chi connectivity index (χ3v) is 3.13. The zero-order chi connectivity index (χ0) is 14.4. The lowest BCUT2D eigenvalue weighted by Crippen LogP contribution is -2.23. The normalized spacial score (nSPS) is 12.2. The van der Waals surface area contributed by atoms with Crippen LogP contribution in [0.5, 0.6) is 5.75 Å². The van der Waals surface area contributed by atoms with Crippen molar-refractivity contribution in [3.8, 4) is 5.75 Å². The second kappa shape index (κ2) is 7.01. The molecule has 106 valence electrons. The van der Waals surface area contributed by atoms with E-state index in [1.54, 1.807) is 13.3 Å². The molecule has 0 saturated carbocycles. The van der Waals surface area contributed by atoms with Crippen molar-refractivity contribution in [2.45, 2.75) is 26.3 Å². The molecule has 4 nitrogen and oxygen atoms in total. The monoisotopic (exact) mass is 271 g/mol. The summed E-state index contributed by atoms with van der Waals surface area (Å²) < 4.78 is 5.26. The summed E-state index contributed by atoms with van der Waals surface area (Å²) in [5.41, 5.74) is 3.39. The Bertz CT molecular complexity index is 557. The van der Waals surface area contributed by atoms with Crippen molar-refractivity contribution in [1.29, 1.82) is 0 Å². The Kier molecular flexibility index (Phi) is 5.07. The largest absolute Gasteiger partial charge is 0.495 e. The van der Waals surface area contributed by atoms with Crippen LogP contribution >= 0.6 is 0 Å². The molecule has 1 N–H and O–H groups in total. The van der Waals surface area contributed by atoms with Crippen molar-refractivity contribution in [1.82, 2.24) is 15.3 Å². The molecule has 4 heteroatoms. The standard InChI is InChI=1S/C16H21N3O/c1-4-5-19-16(13-6-12(2)8-17-9-13)14-7-15(20-3)11-18-10-14/h6-11,16,19H,4-5H2,1-3H3. The van der Waals surface area contributed by atoms with Gasteiger partial charge in [0.15, 0.2) is 0 Å². The van der Waals surface area contributed by atoms with E-state index < -0.39 is 0 Å². The van der Waals surface area contributed by atoms with Gasteiger partial charge in [-0.25, -0.2) is 0 Å². The van der Waals surface area contributed by atoms with Crippen LogP contribution in [0.1, 0.15) is 36.1 Å². The Morgan fingerprint density at radius 3 is 2.45 bits per heavy atom. The van der Waals surface area contributed by atoms with Crippen LogP contribution in [0.2, 0.25) is 0 Å². The number of aryl methyl sites for hydroxylation is 1. The van der Waals surface area contributed by atoms with Gasteiger partial charge >= 0.3 is 0 Å². The van der Waals surface area contributed by atoms with Crippen molar-refractivity contribution >= 4 is 0 Å². The lowest BCUT2D eigenvalue weighted by molar-refractivity contribution is 0.411. The highest BCUT2D eigenvalue weighted by molar-refractivity contribution is 5.34. The van der Waals surface area contributed by atoms with Gasteiger partial charge in [0, 0.05) is 18.6 Å². The van der Waals surface area contributed by atoms with Crippen molar-refractivity contribution in [2.24, 2.45) is 0 Å². The van der Waals surface area contributed by atoms with E-state index in [1.807, 2.05) is 24.7 Å². The Morgan fingerprint density at radius 2 is 1.80 bits per heavy atom. The topological polar surface area (TPSA) is 47.0 Å². The quantitative estimate of drug-likeness (QED) is 0.877.